The van der Waals surface area contributed by atoms with E-state index in [1.54, 1.807) is 0 Å². The lowest BCUT2D eigenvalue weighted by atomic mass is 10.2. The zero-order valence-electron chi connectivity index (χ0n) is 10.3. The lowest BCUT2D eigenvalue weighted by Crippen LogP contribution is -2.41. The fourth-order valence-corrected chi connectivity index (χ4v) is 2.64. The van der Waals surface area contributed by atoms with Gasteiger partial charge in [-0.3, -0.25) is 9.59 Å². The molecule has 20 heavy (non-hydrogen) atoms. The molecule has 1 aromatic carbocycles. The van der Waals surface area contributed by atoms with Crippen LogP contribution in [-0.2, 0) is 14.8 Å². The van der Waals surface area contributed by atoms with Gasteiger partial charge in [0.15, 0.2) is 0 Å². The Morgan fingerprint density at radius 3 is 2.20 bits per heavy atom. The molecule has 0 bridgehead atoms. The fourth-order valence-electron chi connectivity index (χ4n) is 1.42. The molecule has 0 aliphatic carbocycles. The number of amides is 1. The van der Waals surface area contributed by atoms with Crippen LogP contribution >= 0.6 is 0 Å². The molecule has 9 heteroatoms. The Bertz CT molecular complexity index is 596. The van der Waals surface area contributed by atoms with Crippen molar-refractivity contribution in [2.45, 2.75) is 17.4 Å². The van der Waals surface area contributed by atoms with Crippen molar-refractivity contribution in [1.82, 2.24) is 4.72 Å². The molecule has 1 amide bonds. The highest BCUT2D eigenvalue weighted by Crippen LogP contribution is 2.11. The average Bonchev–Trinajstić information content (AvgIpc) is 2.38. The minimum atomic E-state index is -4.06. The van der Waals surface area contributed by atoms with Gasteiger partial charge in [0.1, 0.15) is 6.04 Å². The number of aliphatic hydroxyl groups excluding tert-OH is 1. The minimum absolute atomic E-state index is 0.133. The number of aliphatic carboxylic acids is 1. The summed E-state index contributed by atoms with van der Waals surface area (Å²) in [5, 5.41) is 17.5. The number of carbonyl (C=O) groups is 2. The van der Waals surface area contributed by atoms with E-state index >= 15 is 0 Å². The van der Waals surface area contributed by atoms with Crippen LogP contribution in [0.2, 0.25) is 0 Å². The van der Waals surface area contributed by atoms with Crippen molar-refractivity contribution in [2.75, 3.05) is 6.61 Å². The molecule has 1 rings (SSSR count). The van der Waals surface area contributed by atoms with Gasteiger partial charge in [-0.1, -0.05) is 0 Å². The van der Waals surface area contributed by atoms with Crippen LogP contribution < -0.4 is 10.5 Å². The largest absolute Gasteiger partial charge is 0.480 e. The maximum Gasteiger partial charge on any atom is 0.321 e. The smallest absolute Gasteiger partial charge is 0.321 e. The van der Waals surface area contributed by atoms with Crippen molar-refractivity contribution in [1.29, 1.82) is 0 Å². The first kappa shape index (κ1) is 16.1. The second-order valence-electron chi connectivity index (χ2n) is 3.91. The van der Waals surface area contributed by atoms with E-state index in [2.05, 4.69) is 0 Å². The van der Waals surface area contributed by atoms with Gasteiger partial charge in [0.05, 0.1) is 4.90 Å². The lowest BCUT2D eigenvalue weighted by molar-refractivity contribution is -0.139. The molecule has 0 radical (unpaired) electrons. The van der Waals surface area contributed by atoms with Crippen molar-refractivity contribution in [3.05, 3.63) is 29.8 Å². The van der Waals surface area contributed by atoms with Crippen LogP contribution in [0.25, 0.3) is 0 Å². The van der Waals surface area contributed by atoms with E-state index < -0.39 is 34.5 Å². The monoisotopic (exact) mass is 302 g/mol. The van der Waals surface area contributed by atoms with Gasteiger partial charge in [0.25, 0.3) is 0 Å². The number of primary amides is 1. The predicted octanol–water partition coefficient (Wildman–Crippen LogP) is -1.10. The molecule has 5 N–H and O–H groups in total. The maximum absolute atomic E-state index is 11.9. The molecule has 1 unspecified atom stereocenters. The number of hydrogen-bond acceptors (Lipinski definition) is 5. The van der Waals surface area contributed by atoms with E-state index in [4.69, 9.17) is 15.9 Å². The van der Waals surface area contributed by atoms with Gasteiger partial charge in [-0.05, 0) is 30.7 Å². The molecule has 1 aromatic rings. The summed E-state index contributed by atoms with van der Waals surface area (Å²) >= 11 is 0. The molecule has 8 nitrogen and oxygen atoms in total. The second kappa shape index (κ2) is 6.46. The number of aliphatic hydroxyl groups is 1. The Morgan fingerprint density at radius 2 is 1.80 bits per heavy atom. The number of nitrogens with two attached hydrogens (primary N) is 1. The second-order valence-corrected chi connectivity index (χ2v) is 5.63. The summed E-state index contributed by atoms with van der Waals surface area (Å²) in [6.07, 6.45) is -0.256. The Balaban J connectivity index is 2.98. The summed E-state index contributed by atoms with van der Waals surface area (Å²) in [4.78, 5) is 21.5. The van der Waals surface area contributed by atoms with Crippen molar-refractivity contribution >= 4 is 21.9 Å². The van der Waals surface area contributed by atoms with E-state index in [1.165, 1.54) is 12.1 Å². The Labute approximate surface area is 115 Å². The number of carboxylic acids is 1. The Hall–Kier alpha value is -1.97. The summed E-state index contributed by atoms with van der Waals surface area (Å²) < 4.78 is 25.8. The molecule has 1 atom stereocenters. The zero-order chi connectivity index (χ0) is 15.3. The molecule has 110 valence electrons. The number of benzene rings is 1. The summed E-state index contributed by atoms with van der Waals surface area (Å²) in [5.41, 5.74) is 5.16. The third-order valence-electron chi connectivity index (χ3n) is 2.46. The van der Waals surface area contributed by atoms with Crippen molar-refractivity contribution in [3.8, 4) is 0 Å². The van der Waals surface area contributed by atoms with Gasteiger partial charge in [0.2, 0.25) is 15.9 Å². The molecular formula is C11H14N2O6S. The third kappa shape index (κ3) is 4.02. The first-order valence-electron chi connectivity index (χ1n) is 5.54. The molecular weight excluding hydrogens is 288 g/mol. The standard InChI is InChI=1S/C11H14N2O6S/c12-10(15)7-1-3-8(4-2-7)20(18,19)13-9(5-6-14)11(16)17/h1-4,9,13-14H,5-6H2,(H2,12,15)(H,16,17). The predicted molar refractivity (Wildman–Crippen MR) is 68.4 cm³/mol. The first-order chi connectivity index (χ1) is 9.27. The van der Waals surface area contributed by atoms with E-state index in [-0.39, 0.29) is 16.9 Å². The third-order valence-corrected chi connectivity index (χ3v) is 3.95. The van der Waals surface area contributed by atoms with Gasteiger partial charge >= 0.3 is 5.97 Å². The van der Waals surface area contributed by atoms with Gasteiger partial charge < -0.3 is 15.9 Å². The number of rotatable bonds is 7. The summed E-state index contributed by atoms with van der Waals surface area (Å²) in [5.74, 6) is -2.10. The van der Waals surface area contributed by atoms with Crippen LogP contribution in [0, 0.1) is 0 Å². The number of nitrogens with one attached hydrogen (secondary N) is 1. The highest BCUT2D eigenvalue weighted by atomic mass is 32.2. The molecule has 0 heterocycles. The normalized spacial score (nSPS) is 12.8. The zero-order valence-corrected chi connectivity index (χ0v) is 11.1. The fraction of sp³-hybridized carbons (Fsp3) is 0.273. The number of carbonyl (C=O) groups excluding carboxylic acids is 1. The molecule has 0 fully saturated rings. The summed E-state index contributed by atoms with van der Waals surface area (Å²) in [6.45, 7) is -0.472. The quantitative estimate of drug-likeness (QED) is 0.502. The minimum Gasteiger partial charge on any atom is -0.480 e. The van der Waals surface area contributed by atoms with Gasteiger partial charge in [-0.15, -0.1) is 0 Å². The molecule has 0 aliphatic rings. The Morgan fingerprint density at radius 1 is 1.25 bits per heavy atom. The van der Waals surface area contributed by atoms with Crippen LogP contribution in [0.3, 0.4) is 0 Å². The van der Waals surface area contributed by atoms with Crippen molar-refractivity contribution in [2.24, 2.45) is 5.73 Å². The Kier molecular flexibility index (Phi) is 5.19. The van der Waals surface area contributed by atoms with Crippen LogP contribution in [0.15, 0.2) is 29.2 Å². The van der Waals surface area contributed by atoms with Crippen LogP contribution in [0.5, 0.6) is 0 Å². The summed E-state index contributed by atoms with van der Waals surface area (Å²) in [6, 6.07) is 3.29. The number of carboxylic acid groups (broad SMARTS) is 1. The van der Waals surface area contributed by atoms with E-state index in [0.29, 0.717) is 0 Å². The average molecular weight is 302 g/mol. The number of hydrogen-bond donors (Lipinski definition) is 4. The van der Waals surface area contributed by atoms with Crippen LogP contribution in [0.1, 0.15) is 16.8 Å². The van der Waals surface area contributed by atoms with Crippen LogP contribution in [0.4, 0.5) is 0 Å². The van der Waals surface area contributed by atoms with Crippen molar-refractivity contribution in [3.63, 3.8) is 0 Å². The van der Waals surface area contributed by atoms with Crippen molar-refractivity contribution < 1.29 is 28.2 Å². The van der Waals surface area contributed by atoms with E-state index in [0.717, 1.165) is 12.1 Å². The molecule has 0 saturated heterocycles. The molecule has 0 spiro atoms. The highest BCUT2D eigenvalue weighted by molar-refractivity contribution is 7.89. The highest BCUT2D eigenvalue weighted by Gasteiger charge is 2.24. The van der Waals surface area contributed by atoms with Gasteiger partial charge in [-0.2, -0.15) is 4.72 Å². The SMILES string of the molecule is NC(=O)c1ccc(S(=O)(=O)NC(CCO)C(=O)O)cc1. The van der Waals surface area contributed by atoms with Gasteiger partial charge in [-0.25, -0.2) is 8.42 Å². The molecule has 0 aromatic heterocycles. The topological polar surface area (TPSA) is 147 Å². The molecule has 0 aliphatic heterocycles. The molecule has 0 saturated carbocycles. The first-order valence-corrected chi connectivity index (χ1v) is 7.02. The van der Waals surface area contributed by atoms with E-state index in [9.17, 15) is 18.0 Å². The lowest BCUT2D eigenvalue weighted by Gasteiger charge is -2.13. The van der Waals surface area contributed by atoms with Crippen LogP contribution in [-0.4, -0.2) is 43.2 Å². The van der Waals surface area contributed by atoms with Gasteiger partial charge in [0, 0.05) is 12.2 Å². The maximum atomic E-state index is 11.9. The number of sulfonamides is 1. The summed E-state index contributed by atoms with van der Waals surface area (Å²) in [7, 11) is -4.06. The van der Waals surface area contributed by atoms with E-state index in [1.807, 2.05) is 4.72 Å².